The van der Waals surface area contributed by atoms with Crippen molar-refractivity contribution in [3.63, 3.8) is 0 Å². The summed E-state index contributed by atoms with van der Waals surface area (Å²) in [5.74, 6) is 0. The average Bonchev–Trinajstić information content (AvgIpc) is 2.47. The monoisotopic (exact) mass is 276 g/mol. The van der Waals surface area contributed by atoms with Crippen molar-refractivity contribution in [2.45, 2.75) is 9.79 Å². The van der Waals surface area contributed by atoms with Crippen LogP contribution in [0.3, 0.4) is 0 Å². The molecular formula is C14H16N2O2S. The van der Waals surface area contributed by atoms with Crippen molar-refractivity contribution in [1.29, 1.82) is 0 Å². The van der Waals surface area contributed by atoms with Crippen molar-refractivity contribution >= 4 is 21.2 Å². The molecule has 0 fully saturated rings. The summed E-state index contributed by atoms with van der Waals surface area (Å²) in [6.45, 7) is 0. The molecule has 0 heterocycles. The fraction of sp³-hybridized carbons (Fsp3) is 0.143. The van der Waals surface area contributed by atoms with Gasteiger partial charge in [0.05, 0.1) is 9.79 Å². The lowest BCUT2D eigenvalue weighted by molar-refractivity contribution is 0.596. The molecule has 0 aliphatic carbocycles. The van der Waals surface area contributed by atoms with Crippen LogP contribution in [0, 0.1) is 0 Å². The third-order valence-electron chi connectivity index (χ3n) is 2.91. The zero-order chi connectivity index (χ0) is 13.9. The van der Waals surface area contributed by atoms with Crippen LogP contribution in [0.2, 0.25) is 0 Å². The highest BCUT2D eigenvalue weighted by Crippen LogP contribution is 2.23. The summed E-state index contributed by atoms with van der Waals surface area (Å²) in [6, 6.07) is 13.4. The summed E-state index contributed by atoms with van der Waals surface area (Å²) in [4.78, 5) is 0.590. The standard InChI is InChI=1S/C14H16N2O2S/c1-15-11-3-7-13(8-4-11)19(17,18)14-9-5-12(16-2)6-10-14/h3-10,15-16H,1-2H3. The minimum Gasteiger partial charge on any atom is -0.388 e. The Morgan fingerprint density at radius 1 is 0.684 bits per heavy atom. The first kappa shape index (κ1) is 13.4. The first-order chi connectivity index (χ1) is 9.07. The number of hydrogen-bond acceptors (Lipinski definition) is 4. The Labute approximate surface area is 113 Å². The molecule has 0 bridgehead atoms. The van der Waals surface area contributed by atoms with Crippen molar-refractivity contribution in [2.75, 3.05) is 24.7 Å². The highest BCUT2D eigenvalue weighted by atomic mass is 32.2. The molecule has 0 aliphatic rings. The van der Waals surface area contributed by atoms with E-state index in [1.807, 2.05) is 0 Å². The molecule has 0 aliphatic heterocycles. The fourth-order valence-corrected chi connectivity index (χ4v) is 3.00. The smallest absolute Gasteiger partial charge is 0.206 e. The van der Waals surface area contributed by atoms with Gasteiger partial charge in [0.15, 0.2) is 0 Å². The molecule has 2 aromatic rings. The van der Waals surface area contributed by atoms with Gasteiger partial charge in [-0.15, -0.1) is 0 Å². The molecule has 0 atom stereocenters. The summed E-state index contributed by atoms with van der Waals surface area (Å²) < 4.78 is 24.8. The molecule has 2 aromatic carbocycles. The van der Waals surface area contributed by atoms with E-state index in [0.29, 0.717) is 9.79 Å². The van der Waals surface area contributed by atoms with E-state index in [-0.39, 0.29) is 0 Å². The molecule has 2 N–H and O–H groups in total. The zero-order valence-corrected chi connectivity index (χ0v) is 11.7. The Kier molecular flexibility index (Phi) is 3.76. The number of rotatable bonds is 4. The molecule has 100 valence electrons. The quantitative estimate of drug-likeness (QED) is 0.901. The first-order valence-corrected chi connectivity index (χ1v) is 7.37. The van der Waals surface area contributed by atoms with Crippen LogP contribution in [-0.2, 0) is 9.84 Å². The van der Waals surface area contributed by atoms with Crippen LogP contribution in [-0.4, -0.2) is 22.5 Å². The van der Waals surface area contributed by atoms with Gasteiger partial charge in [0.2, 0.25) is 9.84 Å². The van der Waals surface area contributed by atoms with E-state index in [4.69, 9.17) is 0 Å². The Morgan fingerprint density at radius 2 is 1.00 bits per heavy atom. The van der Waals surface area contributed by atoms with Crippen LogP contribution in [0.15, 0.2) is 58.3 Å². The fourth-order valence-electron chi connectivity index (χ4n) is 1.74. The number of nitrogens with one attached hydrogen (secondary N) is 2. The van der Waals surface area contributed by atoms with Crippen molar-refractivity contribution < 1.29 is 8.42 Å². The molecule has 5 heteroatoms. The topological polar surface area (TPSA) is 58.2 Å². The third kappa shape index (κ3) is 2.71. The largest absolute Gasteiger partial charge is 0.388 e. The van der Waals surface area contributed by atoms with Crippen LogP contribution in [0.5, 0.6) is 0 Å². The zero-order valence-electron chi connectivity index (χ0n) is 10.8. The SMILES string of the molecule is CNc1ccc(S(=O)(=O)c2ccc(NC)cc2)cc1. The van der Waals surface area contributed by atoms with Crippen LogP contribution in [0.1, 0.15) is 0 Å². The molecule has 0 amide bonds. The predicted molar refractivity (Wildman–Crippen MR) is 77.4 cm³/mol. The summed E-state index contributed by atoms with van der Waals surface area (Å²) in [7, 11) is 0.139. The van der Waals surface area contributed by atoms with Gasteiger partial charge in [0, 0.05) is 25.5 Å². The maximum absolute atomic E-state index is 12.4. The van der Waals surface area contributed by atoms with E-state index in [1.54, 1.807) is 62.6 Å². The molecule has 0 radical (unpaired) electrons. The van der Waals surface area contributed by atoms with Gasteiger partial charge >= 0.3 is 0 Å². The van der Waals surface area contributed by atoms with Crippen molar-refractivity contribution in [1.82, 2.24) is 0 Å². The van der Waals surface area contributed by atoms with Gasteiger partial charge in [-0.3, -0.25) is 0 Å². The lowest BCUT2D eigenvalue weighted by Crippen LogP contribution is -2.02. The summed E-state index contributed by atoms with van der Waals surface area (Å²) >= 11 is 0. The lowest BCUT2D eigenvalue weighted by Gasteiger charge is -2.07. The molecule has 19 heavy (non-hydrogen) atoms. The highest BCUT2D eigenvalue weighted by molar-refractivity contribution is 7.91. The van der Waals surface area contributed by atoms with Gasteiger partial charge in [-0.2, -0.15) is 0 Å². The normalized spacial score (nSPS) is 11.1. The molecule has 2 rings (SSSR count). The number of benzene rings is 2. The predicted octanol–water partition coefficient (Wildman–Crippen LogP) is 2.60. The van der Waals surface area contributed by atoms with Gasteiger partial charge in [0.1, 0.15) is 0 Å². The van der Waals surface area contributed by atoms with E-state index in [0.717, 1.165) is 11.4 Å². The van der Waals surface area contributed by atoms with E-state index >= 15 is 0 Å². The third-order valence-corrected chi connectivity index (χ3v) is 4.69. The molecule has 0 saturated heterocycles. The molecule has 4 nitrogen and oxygen atoms in total. The molecule has 0 unspecified atom stereocenters. The molecular weight excluding hydrogens is 260 g/mol. The summed E-state index contributed by atoms with van der Waals surface area (Å²) in [5.41, 5.74) is 1.76. The minimum absolute atomic E-state index is 0.295. The van der Waals surface area contributed by atoms with Gasteiger partial charge in [-0.1, -0.05) is 0 Å². The van der Waals surface area contributed by atoms with E-state index in [9.17, 15) is 8.42 Å². The maximum Gasteiger partial charge on any atom is 0.206 e. The minimum atomic E-state index is -3.44. The molecule has 0 spiro atoms. The maximum atomic E-state index is 12.4. The van der Waals surface area contributed by atoms with Crippen LogP contribution in [0.25, 0.3) is 0 Å². The number of anilines is 2. The Bertz CT molecular complexity index is 593. The van der Waals surface area contributed by atoms with E-state index in [1.165, 1.54) is 0 Å². The Hall–Kier alpha value is -2.01. The second kappa shape index (κ2) is 5.32. The van der Waals surface area contributed by atoms with E-state index < -0.39 is 9.84 Å². The first-order valence-electron chi connectivity index (χ1n) is 5.88. The van der Waals surface area contributed by atoms with Crippen LogP contribution < -0.4 is 10.6 Å². The van der Waals surface area contributed by atoms with Crippen molar-refractivity contribution in [3.8, 4) is 0 Å². The summed E-state index contributed by atoms with van der Waals surface area (Å²) in [5, 5.41) is 5.91. The van der Waals surface area contributed by atoms with E-state index in [2.05, 4.69) is 10.6 Å². The lowest BCUT2D eigenvalue weighted by atomic mass is 10.3. The highest BCUT2D eigenvalue weighted by Gasteiger charge is 2.17. The van der Waals surface area contributed by atoms with Crippen LogP contribution >= 0.6 is 0 Å². The number of sulfone groups is 1. The Balaban J connectivity index is 2.39. The molecule has 0 aromatic heterocycles. The van der Waals surface area contributed by atoms with Gasteiger partial charge in [-0.05, 0) is 48.5 Å². The van der Waals surface area contributed by atoms with Crippen molar-refractivity contribution in [2.24, 2.45) is 0 Å². The Morgan fingerprint density at radius 3 is 1.26 bits per heavy atom. The van der Waals surface area contributed by atoms with Gasteiger partial charge < -0.3 is 10.6 Å². The van der Waals surface area contributed by atoms with Crippen molar-refractivity contribution in [3.05, 3.63) is 48.5 Å². The molecule has 0 saturated carbocycles. The second-order valence-electron chi connectivity index (χ2n) is 4.05. The van der Waals surface area contributed by atoms with Gasteiger partial charge in [0.25, 0.3) is 0 Å². The van der Waals surface area contributed by atoms with Gasteiger partial charge in [-0.25, -0.2) is 8.42 Å². The average molecular weight is 276 g/mol. The second-order valence-corrected chi connectivity index (χ2v) is 6.00. The number of hydrogen-bond donors (Lipinski definition) is 2. The van der Waals surface area contributed by atoms with Crippen LogP contribution in [0.4, 0.5) is 11.4 Å². The summed E-state index contributed by atoms with van der Waals surface area (Å²) in [6.07, 6.45) is 0.